The zero-order chi connectivity index (χ0) is 13.8. The summed E-state index contributed by atoms with van der Waals surface area (Å²) in [5.41, 5.74) is 0. The molecule has 19 heavy (non-hydrogen) atoms. The van der Waals surface area contributed by atoms with E-state index in [9.17, 15) is 19.7 Å². The molecule has 0 bridgehead atoms. The van der Waals surface area contributed by atoms with Gasteiger partial charge in [0.15, 0.2) is 13.1 Å². The first-order chi connectivity index (χ1) is 8.32. The molecule has 1 aromatic heterocycles. The van der Waals surface area contributed by atoms with Gasteiger partial charge in [-0.05, 0) is 24.5 Å². The van der Waals surface area contributed by atoms with E-state index in [1.54, 1.807) is 0 Å². The monoisotopic (exact) mass is 300 g/mol. The van der Waals surface area contributed by atoms with Crippen molar-refractivity contribution in [3.63, 3.8) is 0 Å². The van der Waals surface area contributed by atoms with E-state index in [1.165, 1.54) is 18.4 Å². The molecule has 0 aliphatic heterocycles. The van der Waals surface area contributed by atoms with Crippen LogP contribution in [0.4, 0.5) is 0 Å². The fourth-order valence-electron chi connectivity index (χ4n) is 1.06. The second kappa shape index (κ2) is 8.18. The molecular formula is C9H14N2NaO6P. The number of hydrogen-bond donors (Lipinski definition) is 3. The van der Waals surface area contributed by atoms with Crippen LogP contribution in [0.15, 0.2) is 22.8 Å². The summed E-state index contributed by atoms with van der Waals surface area (Å²) in [5, 5.41) is 23.2. The van der Waals surface area contributed by atoms with E-state index in [0.717, 1.165) is 6.66 Å². The van der Waals surface area contributed by atoms with Crippen LogP contribution in [-0.4, -0.2) is 46.8 Å². The Hall–Kier alpha value is -0.180. The maximum absolute atomic E-state index is 11.4. The van der Waals surface area contributed by atoms with Crippen LogP contribution in [0, 0.1) is 0 Å². The molecule has 1 heterocycles. The van der Waals surface area contributed by atoms with Crippen molar-refractivity contribution in [2.45, 2.75) is 5.85 Å². The molecule has 0 radical (unpaired) electrons. The summed E-state index contributed by atoms with van der Waals surface area (Å²) in [6.07, 6.45) is 1.28. The maximum Gasteiger partial charge on any atom is 1.00 e. The minimum Gasteiger partial charge on any atom is -0.844 e. The molecule has 0 fully saturated rings. The van der Waals surface area contributed by atoms with Crippen molar-refractivity contribution in [2.24, 2.45) is 0 Å². The molecule has 0 saturated heterocycles. The summed E-state index contributed by atoms with van der Waals surface area (Å²) >= 11 is 0. The second-order valence-electron chi connectivity index (χ2n) is 3.69. The third-order valence-corrected chi connectivity index (χ3v) is 3.33. The average Bonchev–Trinajstić information content (AvgIpc) is 2.79. The van der Waals surface area contributed by atoms with E-state index < -0.39 is 19.1 Å². The molecule has 1 rings (SSSR count). The Morgan fingerprint density at radius 3 is 2.79 bits per heavy atom. The summed E-state index contributed by atoms with van der Waals surface area (Å²) in [7, 11) is -3.71. The first-order valence-electron chi connectivity index (χ1n) is 5.03. The van der Waals surface area contributed by atoms with Crippen molar-refractivity contribution in [2.75, 3.05) is 19.9 Å². The zero-order valence-electron chi connectivity index (χ0n) is 10.6. The fourth-order valence-corrected chi connectivity index (χ4v) is 1.53. The number of nitrogens with zero attached hydrogens (tertiary/aromatic N) is 1. The molecule has 0 saturated carbocycles. The number of nitrogens with one attached hydrogen (secondary N) is 1. The van der Waals surface area contributed by atoms with E-state index in [-0.39, 0.29) is 48.5 Å². The van der Waals surface area contributed by atoms with Crippen molar-refractivity contribution in [3.05, 3.63) is 24.2 Å². The predicted molar refractivity (Wildman–Crippen MR) is 59.1 cm³/mol. The molecule has 3 N–H and O–H groups in total. The largest absolute Gasteiger partial charge is 1.00 e. The summed E-state index contributed by atoms with van der Waals surface area (Å²) in [5.74, 6) is -2.54. The van der Waals surface area contributed by atoms with Crippen LogP contribution in [0.2, 0.25) is 0 Å². The Balaban J connectivity index is 0.00000324. The van der Waals surface area contributed by atoms with E-state index >= 15 is 0 Å². The molecule has 8 nitrogen and oxygen atoms in total. The molecular weight excluding hydrogens is 286 g/mol. The topological polar surface area (TPSA) is 126 Å². The van der Waals surface area contributed by atoms with Crippen molar-refractivity contribution < 1.29 is 58.5 Å². The average molecular weight is 300 g/mol. The van der Waals surface area contributed by atoms with Crippen LogP contribution in [0.3, 0.4) is 0 Å². The quantitative estimate of drug-likeness (QED) is 0.162. The van der Waals surface area contributed by atoms with Gasteiger partial charge in [0.1, 0.15) is 0 Å². The maximum atomic E-state index is 11.4. The number of rotatable bonds is 6. The molecule has 0 aromatic carbocycles. The number of furan rings is 1. The third-order valence-electron chi connectivity index (χ3n) is 2.08. The zero-order valence-corrected chi connectivity index (χ0v) is 13.5. The van der Waals surface area contributed by atoms with Gasteiger partial charge in [-0.2, -0.15) is 0 Å². The van der Waals surface area contributed by atoms with Crippen LogP contribution in [0.25, 0.3) is 0 Å². The summed E-state index contributed by atoms with van der Waals surface area (Å²) < 4.78 is 15.7. The summed E-state index contributed by atoms with van der Waals surface area (Å²) in [6, 6.07) is 2.86. The number of hydrogen-bond acceptors (Lipinski definition) is 6. The van der Waals surface area contributed by atoms with Gasteiger partial charge in [0, 0.05) is 6.66 Å². The van der Waals surface area contributed by atoms with Crippen LogP contribution in [0.1, 0.15) is 10.6 Å². The van der Waals surface area contributed by atoms with Crippen molar-refractivity contribution in [1.82, 2.24) is 10.4 Å². The van der Waals surface area contributed by atoms with Gasteiger partial charge in [0.2, 0.25) is 0 Å². The Morgan fingerprint density at radius 2 is 2.32 bits per heavy atom. The van der Waals surface area contributed by atoms with E-state index in [2.05, 4.69) is 5.32 Å². The number of carbonyl (C=O) groups excluding carboxylic acids is 1. The number of hydroxylamine groups is 2. The second-order valence-corrected chi connectivity index (χ2v) is 6.15. The Labute approximate surface area is 132 Å². The summed E-state index contributed by atoms with van der Waals surface area (Å²) in [4.78, 5) is 20.4. The first kappa shape index (κ1) is 18.8. The molecule has 10 heteroatoms. The van der Waals surface area contributed by atoms with Crippen molar-refractivity contribution in [3.8, 4) is 0 Å². The minimum absolute atomic E-state index is 0. The van der Waals surface area contributed by atoms with Crippen LogP contribution < -0.4 is 40.0 Å². The molecule has 102 valence electrons. The van der Waals surface area contributed by atoms with Crippen LogP contribution >= 0.6 is 7.37 Å². The standard InChI is InChI=1S/C9H14N2O6P.Na/c1-18(15,16)8(12)5-10-6-11(14)9(13)7-3-2-4-17-7;/h2-4,8,10,14H,5-6H2,1H3,(H,15,16);/q-1;+1. The van der Waals surface area contributed by atoms with Gasteiger partial charge in [-0.3, -0.25) is 19.9 Å². The van der Waals surface area contributed by atoms with Gasteiger partial charge in [-0.25, -0.2) is 5.06 Å². The van der Waals surface area contributed by atoms with Gasteiger partial charge >= 0.3 is 35.5 Å². The minimum atomic E-state index is -3.71. The van der Waals surface area contributed by atoms with Gasteiger partial charge in [0.05, 0.1) is 12.9 Å². The van der Waals surface area contributed by atoms with Gasteiger partial charge in [0.25, 0.3) is 0 Å². The fraction of sp³-hybridized carbons (Fsp3) is 0.444. The first-order valence-corrected chi connectivity index (χ1v) is 7.20. The van der Waals surface area contributed by atoms with Gasteiger partial charge in [-0.15, -0.1) is 0 Å². The number of carbonyl (C=O) groups is 1. The summed E-state index contributed by atoms with van der Waals surface area (Å²) in [6.45, 7) is 0.266. The molecule has 2 atom stereocenters. The van der Waals surface area contributed by atoms with Gasteiger partial charge < -0.3 is 14.4 Å². The third kappa shape index (κ3) is 6.20. The predicted octanol–water partition coefficient (Wildman–Crippen LogP) is -3.75. The Bertz CT molecular complexity index is 434. The SMILES string of the molecule is CP(=O)(O)C([O-])CNCN(O)C(=O)c1ccco1.[Na+]. The molecule has 0 spiro atoms. The number of amides is 1. The molecule has 0 aliphatic rings. The van der Waals surface area contributed by atoms with E-state index in [0.29, 0.717) is 5.06 Å². The van der Waals surface area contributed by atoms with Crippen LogP contribution in [0.5, 0.6) is 0 Å². The van der Waals surface area contributed by atoms with Gasteiger partial charge in [-0.1, -0.05) is 0 Å². The normalized spacial score (nSPS) is 15.2. The van der Waals surface area contributed by atoms with E-state index in [4.69, 9.17) is 9.31 Å². The Kier molecular flexibility index (Phi) is 8.11. The molecule has 1 amide bonds. The van der Waals surface area contributed by atoms with E-state index in [1.807, 2.05) is 0 Å². The molecule has 2 unspecified atom stereocenters. The van der Waals surface area contributed by atoms with Crippen molar-refractivity contribution >= 4 is 13.3 Å². The Morgan fingerprint density at radius 1 is 1.68 bits per heavy atom. The van der Waals surface area contributed by atoms with Crippen molar-refractivity contribution in [1.29, 1.82) is 0 Å². The molecule has 0 aliphatic carbocycles. The molecule has 1 aromatic rings. The smallest absolute Gasteiger partial charge is 0.844 e. The van der Waals surface area contributed by atoms with Crippen LogP contribution in [-0.2, 0) is 4.57 Å².